The Kier molecular flexibility index (Phi) is 9.49. The van der Waals surface area contributed by atoms with Gasteiger partial charge in [-0.3, -0.25) is 9.59 Å². The number of aromatic nitrogens is 4. The van der Waals surface area contributed by atoms with Crippen LogP contribution in [-0.4, -0.2) is 46.1 Å². The van der Waals surface area contributed by atoms with Crippen LogP contribution in [0.25, 0.3) is 44.4 Å². The number of halogens is 1. The maximum Gasteiger partial charge on any atom is 0.305 e. The van der Waals surface area contributed by atoms with Crippen molar-refractivity contribution in [3.05, 3.63) is 69.3 Å². The van der Waals surface area contributed by atoms with Crippen LogP contribution in [0, 0.1) is 13.8 Å². The van der Waals surface area contributed by atoms with E-state index in [0.29, 0.717) is 12.8 Å². The summed E-state index contributed by atoms with van der Waals surface area (Å²) >= 11 is 3.84. The van der Waals surface area contributed by atoms with Crippen LogP contribution in [-0.2, 0) is 25.5 Å². The number of alkyl halides is 1. The number of nitrogens with zero attached hydrogens (tertiary/aromatic N) is 2. The van der Waals surface area contributed by atoms with Crippen molar-refractivity contribution in [1.29, 1.82) is 0 Å². The number of carbonyl (C=O) groups is 2. The molecule has 9 heteroatoms. The second kappa shape index (κ2) is 13.2. The average molecular weight is 674 g/mol. The highest BCUT2D eigenvalue weighted by molar-refractivity contribution is 9.09. The van der Waals surface area contributed by atoms with Crippen molar-refractivity contribution in [1.82, 2.24) is 19.9 Å². The average Bonchev–Trinajstić information content (AvgIpc) is 3.67. The zero-order chi connectivity index (χ0) is 32.6. The molecular formula is C36H41BrN4O4. The van der Waals surface area contributed by atoms with E-state index in [-0.39, 0.29) is 29.6 Å². The molecule has 1 unspecified atom stereocenters. The predicted molar refractivity (Wildman–Crippen MR) is 185 cm³/mol. The number of fused-ring (bicyclic) bond motifs is 8. The van der Waals surface area contributed by atoms with E-state index in [1.165, 1.54) is 25.4 Å². The van der Waals surface area contributed by atoms with E-state index in [9.17, 15) is 9.59 Å². The van der Waals surface area contributed by atoms with Gasteiger partial charge in [-0.15, -0.1) is 0 Å². The lowest BCUT2D eigenvalue weighted by atomic mass is 9.99. The molecule has 0 fully saturated rings. The van der Waals surface area contributed by atoms with Crippen molar-refractivity contribution >= 4 is 72.2 Å². The standard InChI is InChI=1S/C36H41BrN4O4/c1-9-23-18(2)26-14-27-19(3)24(10-12-34(42)44-7)31(39-27)16-32-25(11-13-35(43)45-8)20(4)28(40-32)15-29-21(5)36(22(6)37)33(41-29)17-30(23)38-26/h14-17,22,40-41H,9-13H2,1-8H3. The molecule has 5 heterocycles. The van der Waals surface area contributed by atoms with Crippen LogP contribution in [0.1, 0.15) is 103 Å². The van der Waals surface area contributed by atoms with Crippen LogP contribution in [0.4, 0.5) is 0 Å². The lowest BCUT2D eigenvalue weighted by molar-refractivity contribution is -0.141. The number of carbonyl (C=O) groups excluding carboxylic acids is 2. The smallest absolute Gasteiger partial charge is 0.305 e. The molecule has 0 saturated heterocycles. The van der Waals surface area contributed by atoms with Gasteiger partial charge in [-0.25, -0.2) is 9.97 Å². The fourth-order valence-electron chi connectivity index (χ4n) is 6.44. The monoisotopic (exact) mass is 672 g/mol. The number of esters is 2. The third kappa shape index (κ3) is 6.27. The van der Waals surface area contributed by atoms with Gasteiger partial charge in [0.15, 0.2) is 0 Å². The van der Waals surface area contributed by atoms with Crippen LogP contribution in [0.3, 0.4) is 0 Å². The normalized spacial score (nSPS) is 13.8. The second-order valence-corrected chi connectivity index (χ2v) is 13.1. The Morgan fingerprint density at radius 2 is 1.27 bits per heavy atom. The first-order chi connectivity index (χ1) is 21.5. The Morgan fingerprint density at radius 3 is 1.87 bits per heavy atom. The third-order valence-electron chi connectivity index (χ3n) is 9.08. The van der Waals surface area contributed by atoms with Gasteiger partial charge in [0.1, 0.15) is 0 Å². The molecule has 1 atom stereocenters. The molecule has 45 heavy (non-hydrogen) atoms. The Balaban J connectivity index is 1.91. The molecule has 236 valence electrons. The van der Waals surface area contributed by atoms with Gasteiger partial charge >= 0.3 is 11.9 Å². The van der Waals surface area contributed by atoms with Crippen molar-refractivity contribution in [2.75, 3.05) is 14.2 Å². The maximum atomic E-state index is 12.2. The second-order valence-electron chi connectivity index (χ2n) is 11.7. The minimum Gasteiger partial charge on any atom is -0.469 e. The van der Waals surface area contributed by atoms with Gasteiger partial charge in [-0.1, -0.05) is 22.9 Å². The van der Waals surface area contributed by atoms with E-state index in [4.69, 9.17) is 19.4 Å². The van der Waals surface area contributed by atoms with Gasteiger partial charge in [0.05, 0.1) is 37.0 Å². The first kappa shape index (κ1) is 32.4. The number of aromatic amines is 2. The summed E-state index contributed by atoms with van der Waals surface area (Å²) in [4.78, 5) is 42.1. The number of ether oxygens (including phenoxy) is 2. The Hall–Kier alpha value is -3.98. The molecule has 2 N–H and O–H groups in total. The largest absolute Gasteiger partial charge is 0.469 e. The van der Waals surface area contributed by atoms with Crippen molar-refractivity contribution < 1.29 is 19.1 Å². The third-order valence-corrected chi connectivity index (χ3v) is 9.54. The van der Waals surface area contributed by atoms with E-state index in [1.807, 2.05) is 13.0 Å². The quantitative estimate of drug-likeness (QED) is 0.183. The summed E-state index contributed by atoms with van der Waals surface area (Å²) in [5, 5.41) is 0. The summed E-state index contributed by atoms with van der Waals surface area (Å²) in [6.45, 7) is 12.7. The molecule has 3 aromatic heterocycles. The summed E-state index contributed by atoms with van der Waals surface area (Å²) in [6, 6.07) is 8.40. The van der Waals surface area contributed by atoms with Crippen molar-refractivity contribution in [2.24, 2.45) is 0 Å². The van der Waals surface area contributed by atoms with E-state index in [0.717, 1.165) is 84.7 Å². The van der Waals surface area contributed by atoms with E-state index in [1.54, 1.807) is 0 Å². The van der Waals surface area contributed by atoms with Gasteiger partial charge in [-0.05, 0) is 123 Å². The molecule has 0 spiro atoms. The Morgan fingerprint density at radius 1 is 0.733 bits per heavy atom. The van der Waals surface area contributed by atoms with Gasteiger partial charge in [0, 0.05) is 39.7 Å². The molecule has 0 aliphatic carbocycles. The van der Waals surface area contributed by atoms with Crippen LogP contribution in [0.15, 0.2) is 24.3 Å². The minimum atomic E-state index is -0.268. The number of hydrogen-bond donors (Lipinski definition) is 2. The Bertz CT molecular complexity index is 1930. The van der Waals surface area contributed by atoms with E-state index in [2.05, 4.69) is 78.7 Å². The summed E-state index contributed by atoms with van der Waals surface area (Å²) < 4.78 is 9.92. The molecule has 0 aromatic carbocycles. The number of methoxy groups -OCH3 is 2. The number of aryl methyl sites for hydroxylation is 3. The number of hydrogen-bond acceptors (Lipinski definition) is 6. The molecule has 0 radical (unpaired) electrons. The molecule has 0 amide bonds. The van der Waals surface area contributed by atoms with Gasteiger partial charge in [0.25, 0.3) is 0 Å². The summed E-state index contributed by atoms with van der Waals surface area (Å²) in [5.41, 5.74) is 16.0. The number of nitrogens with one attached hydrogen (secondary N) is 2. The molecule has 0 saturated carbocycles. The highest BCUT2D eigenvalue weighted by Gasteiger charge is 2.22. The molecule has 3 aromatic rings. The Labute approximate surface area is 272 Å². The summed E-state index contributed by atoms with van der Waals surface area (Å²) in [6.07, 6.45) is 2.36. The summed E-state index contributed by atoms with van der Waals surface area (Å²) in [7, 11) is 2.82. The van der Waals surface area contributed by atoms with Crippen LogP contribution < -0.4 is 0 Å². The fourth-order valence-corrected chi connectivity index (χ4v) is 7.03. The number of H-pyrrole nitrogens is 2. The van der Waals surface area contributed by atoms with Crippen molar-refractivity contribution in [3.8, 4) is 0 Å². The molecule has 8 nitrogen and oxygen atoms in total. The maximum absolute atomic E-state index is 12.2. The van der Waals surface area contributed by atoms with E-state index >= 15 is 0 Å². The van der Waals surface area contributed by atoms with Crippen molar-refractivity contribution in [3.63, 3.8) is 0 Å². The lowest BCUT2D eigenvalue weighted by Crippen LogP contribution is -2.02. The number of rotatable bonds is 8. The lowest BCUT2D eigenvalue weighted by Gasteiger charge is -2.04. The van der Waals surface area contributed by atoms with E-state index < -0.39 is 0 Å². The van der Waals surface area contributed by atoms with Gasteiger partial charge < -0.3 is 19.4 Å². The van der Waals surface area contributed by atoms with Gasteiger partial charge in [-0.2, -0.15) is 0 Å². The zero-order valence-corrected chi connectivity index (χ0v) is 28.9. The highest BCUT2D eigenvalue weighted by Crippen LogP contribution is 2.38. The molecule has 2 aliphatic rings. The molecule has 2 aliphatic heterocycles. The minimum absolute atomic E-state index is 0.123. The first-order valence-electron chi connectivity index (χ1n) is 15.4. The van der Waals surface area contributed by atoms with Crippen LogP contribution >= 0.6 is 15.9 Å². The fraction of sp³-hybridized carbons (Fsp3) is 0.389. The first-order valence-corrected chi connectivity index (χ1v) is 16.3. The topological polar surface area (TPSA) is 110 Å². The summed E-state index contributed by atoms with van der Waals surface area (Å²) in [5.74, 6) is -0.529. The van der Waals surface area contributed by atoms with Gasteiger partial charge in [0.2, 0.25) is 0 Å². The van der Waals surface area contributed by atoms with Crippen LogP contribution in [0.5, 0.6) is 0 Å². The molecule has 8 bridgehead atoms. The number of allylic oxidation sites excluding steroid dienone is 4. The predicted octanol–water partition coefficient (Wildman–Crippen LogP) is 8.72. The SMILES string of the molecule is CCC1=C(C)c2cc3nc(cc4[nH]c(cc5[nH]c(cc1n2)c(C(C)Br)c5C)c(C)c4CCC(=O)OC)C(CCC(=O)OC)=C3C. The highest BCUT2D eigenvalue weighted by atomic mass is 79.9. The molecule has 5 rings (SSSR count). The van der Waals surface area contributed by atoms with Crippen molar-refractivity contribution in [2.45, 2.75) is 78.5 Å². The van der Waals surface area contributed by atoms with Crippen LogP contribution in [0.2, 0.25) is 0 Å². The molecular weight excluding hydrogens is 632 g/mol. The zero-order valence-electron chi connectivity index (χ0n) is 27.3.